The van der Waals surface area contributed by atoms with Gasteiger partial charge in [0.2, 0.25) is 0 Å². The molecule has 2 amide bonds. The fourth-order valence-electron chi connectivity index (χ4n) is 8.15. The van der Waals surface area contributed by atoms with Crippen molar-refractivity contribution in [1.29, 1.82) is 5.26 Å². The van der Waals surface area contributed by atoms with Gasteiger partial charge in [-0.05, 0) is 74.9 Å². The number of nitrogens with zero attached hydrogens (tertiary/aromatic N) is 6. The standard InChI is InChI=1S/C37H34Cl2FN7O/c1-20-25-18-29(21(2)45-14-7-15-46(37(45)48)30-11-3-4-13-42-30)47(35-23-17-28(35)43-19-23)36(25)26-16-22(8-6-12-41)31(33(40)34(26)44-20)24-9-5-10-27(38)32(24)39/h3-5,9-11,13,16,18,21,23,28,35,43H,6-8,14-15,17,19H2,1-2H3/t21-,23-,28-,35+/m1/s1. The van der Waals surface area contributed by atoms with Gasteiger partial charge in [0.15, 0.2) is 5.82 Å². The third-order valence-corrected chi connectivity index (χ3v) is 11.3. The Hall–Kier alpha value is -4.23. The van der Waals surface area contributed by atoms with Crippen LogP contribution < -0.4 is 10.2 Å². The molecule has 8 nitrogen and oxygen atoms in total. The summed E-state index contributed by atoms with van der Waals surface area (Å²) in [5, 5.41) is 15.4. The summed E-state index contributed by atoms with van der Waals surface area (Å²) in [6, 6.07) is 17.2. The second kappa shape index (κ2) is 12.0. The number of rotatable bonds is 7. The molecule has 4 fully saturated rings. The lowest BCUT2D eigenvalue weighted by Gasteiger charge is -2.42. The highest BCUT2D eigenvalue weighted by atomic mass is 35.5. The van der Waals surface area contributed by atoms with Crippen molar-refractivity contribution in [3.8, 4) is 17.2 Å². The molecule has 0 unspecified atom stereocenters. The first-order valence-electron chi connectivity index (χ1n) is 16.5. The predicted octanol–water partition coefficient (Wildman–Crippen LogP) is 8.39. The molecule has 244 valence electrons. The molecule has 3 aliphatic heterocycles. The zero-order chi connectivity index (χ0) is 33.3. The molecule has 48 heavy (non-hydrogen) atoms. The van der Waals surface area contributed by atoms with Gasteiger partial charge in [-0.1, -0.05) is 41.4 Å². The molecule has 1 N–H and O–H groups in total. The number of fused-ring (bicyclic) bond motifs is 4. The Balaban J connectivity index is 1.35. The van der Waals surface area contributed by atoms with Gasteiger partial charge >= 0.3 is 6.03 Å². The summed E-state index contributed by atoms with van der Waals surface area (Å²) in [7, 11) is 0. The molecule has 6 heterocycles. The van der Waals surface area contributed by atoms with Gasteiger partial charge in [-0.2, -0.15) is 5.26 Å². The number of carbonyl (C=O) groups is 1. The van der Waals surface area contributed by atoms with Gasteiger partial charge < -0.3 is 14.8 Å². The van der Waals surface area contributed by atoms with Crippen LogP contribution in [-0.2, 0) is 6.42 Å². The number of pyridine rings is 2. The van der Waals surface area contributed by atoms with Crippen molar-refractivity contribution in [1.82, 2.24) is 24.8 Å². The fourth-order valence-corrected chi connectivity index (χ4v) is 8.55. The Kier molecular flexibility index (Phi) is 7.78. The van der Waals surface area contributed by atoms with E-state index in [4.69, 9.17) is 28.2 Å². The maximum atomic E-state index is 17.0. The van der Waals surface area contributed by atoms with Crippen LogP contribution >= 0.6 is 23.2 Å². The van der Waals surface area contributed by atoms with Crippen molar-refractivity contribution in [3.63, 3.8) is 0 Å². The number of carbonyl (C=O) groups excluding carboxylic acids is 1. The highest BCUT2D eigenvalue weighted by Gasteiger charge is 2.49. The number of amides is 2. The highest BCUT2D eigenvalue weighted by molar-refractivity contribution is 6.43. The number of aryl methyl sites for hydroxylation is 2. The quantitative estimate of drug-likeness (QED) is 0.186. The first-order chi connectivity index (χ1) is 23.3. The molecule has 2 aromatic carbocycles. The number of anilines is 1. The normalized spacial score (nSPS) is 21.2. The number of benzene rings is 2. The Morgan fingerprint density at radius 3 is 2.73 bits per heavy atom. The van der Waals surface area contributed by atoms with Crippen LogP contribution in [0.1, 0.15) is 55.2 Å². The largest absolute Gasteiger partial charge is 0.337 e. The minimum atomic E-state index is -0.483. The van der Waals surface area contributed by atoms with Gasteiger partial charge in [-0.25, -0.2) is 19.2 Å². The molecule has 9 rings (SSSR count). The van der Waals surface area contributed by atoms with E-state index in [9.17, 15) is 10.1 Å². The summed E-state index contributed by atoms with van der Waals surface area (Å²) in [4.78, 5) is 27.0. The molecule has 5 aromatic rings. The van der Waals surface area contributed by atoms with Crippen molar-refractivity contribution in [2.75, 3.05) is 24.5 Å². The average molecular weight is 683 g/mol. The van der Waals surface area contributed by atoms with Crippen molar-refractivity contribution in [2.24, 2.45) is 5.92 Å². The SMILES string of the molecule is Cc1nc2c(F)c(-c3cccc(Cl)c3Cl)c(CCC#N)cc2c2c1cc([C@@H](C)N1CCCN(c3ccccn3)C1=O)n2[C@H]1[C@H]2CN[C@@H]1C2. The molecule has 1 aliphatic carbocycles. The zero-order valence-corrected chi connectivity index (χ0v) is 28.2. The van der Waals surface area contributed by atoms with Crippen LogP contribution in [0.5, 0.6) is 0 Å². The number of urea groups is 1. The van der Waals surface area contributed by atoms with Crippen molar-refractivity contribution >= 4 is 56.9 Å². The average Bonchev–Trinajstić information content (AvgIpc) is 3.83. The van der Waals surface area contributed by atoms with Crippen LogP contribution in [0.25, 0.3) is 32.9 Å². The second-order valence-electron chi connectivity index (χ2n) is 13.1. The monoisotopic (exact) mass is 681 g/mol. The fraction of sp³-hybridized carbons (Fsp3) is 0.351. The lowest BCUT2D eigenvalue weighted by Crippen LogP contribution is -2.51. The molecule has 0 spiro atoms. The van der Waals surface area contributed by atoms with Crippen LogP contribution in [-0.4, -0.2) is 51.1 Å². The summed E-state index contributed by atoms with van der Waals surface area (Å²) < 4.78 is 19.4. The van der Waals surface area contributed by atoms with E-state index in [0.717, 1.165) is 36.0 Å². The summed E-state index contributed by atoms with van der Waals surface area (Å²) in [5.74, 6) is 0.585. The Morgan fingerprint density at radius 2 is 2.00 bits per heavy atom. The van der Waals surface area contributed by atoms with Crippen LogP contribution in [0.15, 0.2) is 54.7 Å². The maximum absolute atomic E-state index is 17.0. The molecule has 3 aromatic heterocycles. The van der Waals surface area contributed by atoms with Crippen LogP contribution in [0, 0.1) is 30.0 Å². The summed E-state index contributed by atoms with van der Waals surface area (Å²) in [5.41, 5.74) is 4.34. The minimum Gasteiger partial charge on any atom is -0.337 e. The number of hydrogen-bond donors (Lipinski definition) is 1. The first kappa shape index (κ1) is 31.1. The lowest BCUT2D eigenvalue weighted by molar-refractivity contribution is 0.165. The highest BCUT2D eigenvalue weighted by Crippen LogP contribution is 2.50. The molecule has 11 heteroatoms. The van der Waals surface area contributed by atoms with Crippen LogP contribution in [0.4, 0.5) is 15.0 Å². The Morgan fingerprint density at radius 1 is 1.15 bits per heavy atom. The van der Waals surface area contributed by atoms with Crippen LogP contribution in [0.3, 0.4) is 0 Å². The molecular weight excluding hydrogens is 648 g/mol. The van der Waals surface area contributed by atoms with Crippen LogP contribution in [0.2, 0.25) is 10.0 Å². The number of aromatic nitrogens is 3. The van der Waals surface area contributed by atoms with E-state index in [2.05, 4.69) is 33.9 Å². The summed E-state index contributed by atoms with van der Waals surface area (Å²) >= 11 is 13.0. The number of nitriles is 1. The molecule has 1 saturated carbocycles. The van der Waals surface area contributed by atoms with E-state index in [-0.39, 0.29) is 41.1 Å². The van der Waals surface area contributed by atoms with E-state index in [1.807, 2.05) is 36.1 Å². The van der Waals surface area contributed by atoms with Gasteiger partial charge in [-0.15, -0.1) is 0 Å². The van der Waals surface area contributed by atoms with Gasteiger partial charge in [0.1, 0.15) is 11.3 Å². The van der Waals surface area contributed by atoms with Crippen molar-refractivity contribution in [3.05, 3.63) is 87.5 Å². The zero-order valence-electron chi connectivity index (χ0n) is 26.7. The van der Waals surface area contributed by atoms with E-state index in [1.165, 1.54) is 0 Å². The Bertz CT molecular complexity index is 2130. The molecule has 4 atom stereocenters. The molecule has 0 radical (unpaired) electrons. The number of hydrogen-bond acceptors (Lipinski definition) is 5. The van der Waals surface area contributed by atoms with E-state index < -0.39 is 5.82 Å². The molecule has 4 aliphatic rings. The van der Waals surface area contributed by atoms with Gasteiger partial charge in [0.05, 0.1) is 33.7 Å². The molecule has 3 saturated heterocycles. The van der Waals surface area contributed by atoms with E-state index in [0.29, 0.717) is 64.0 Å². The van der Waals surface area contributed by atoms with Gasteiger partial charge in [0.25, 0.3) is 0 Å². The second-order valence-corrected chi connectivity index (χ2v) is 13.9. The van der Waals surface area contributed by atoms with Gasteiger partial charge in [0, 0.05) is 71.6 Å². The first-order valence-corrected chi connectivity index (χ1v) is 17.2. The van der Waals surface area contributed by atoms with Gasteiger partial charge in [-0.3, -0.25) is 4.90 Å². The maximum Gasteiger partial charge on any atom is 0.326 e. The molecule has 2 bridgehead atoms. The van der Waals surface area contributed by atoms with Crippen molar-refractivity contribution in [2.45, 2.75) is 57.7 Å². The topological polar surface area (TPSA) is 90.1 Å². The third kappa shape index (κ3) is 4.76. The van der Waals surface area contributed by atoms with E-state index >= 15 is 4.39 Å². The van der Waals surface area contributed by atoms with E-state index in [1.54, 1.807) is 29.3 Å². The number of halogens is 3. The number of nitrogens with one attached hydrogen (secondary N) is 1. The predicted molar refractivity (Wildman–Crippen MR) is 187 cm³/mol. The lowest BCUT2D eigenvalue weighted by atomic mass is 9.79. The summed E-state index contributed by atoms with van der Waals surface area (Å²) in [6.45, 7) is 6.14. The molecular formula is C37H34Cl2FN7O. The smallest absolute Gasteiger partial charge is 0.326 e. The Labute approximate surface area is 288 Å². The van der Waals surface area contributed by atoms with Crippen molar-refractivity contribution < 1.29 is 9.18 Å². The minimum absolute atomic E-state index is 0.0773. The summed E-state index contributed by atoms with van der Waals surface area (Å²) in [6.07, 6.45) is 4.15. The third-order valence-electron chi connectivity index (χ3n) is 10.5.